The van der Waals surface area contributed by atoms with Gasteiger partial charge in [0, 0.05) is 41.4 Å². The molecule has 2 aromatic heterocycles. The van der Waals surface area contributed by atoms with E-state index in [9.17, 15) is 9.59 Å². The third kappa shape index (κ3) is 3.82. The Kier molecular flexibility index (Phi) is 5.33. The first-order valence-electron chi connectivity index (χ1n) is 10.2. The summed E-state index contributed by atoms with van der Waals surface area (Å²) in [5.41, 5.74) is 10.9. The number of nitrogens with two attached hydrogens (primary N) is 1. The predicted octanol–water partition coefficient (Wildman–Crippen LogP) is 3.87. The molecule has 0 atom stereocenters. The van der Waals surface area contributed by atoms with Gasteiger partial charge in [-0.15, -0.1) is 0 Å². The van der Waals surface area contributed by atoms with Crippen LogP contribution in [0.15, 0.2) is 54.7 Å². The number of carbonyl (C=O) groups excluding carboxylic acids is 2. The van der Waals surface area contributed by atoms with Crippen LogP contribution in [-0.2, 0) is 13.1 Å². The highest BCUT2D eigenvalue weighted by Crippen LogP contribution is 2.28. The van der Waals surface area contributed by atoms with Gasteiger partial charge < -0.3 is 15.6 Å². The second-order valence-electron chi connectivity index (χ2n) is 7.58. The first-order valence-corrected chi connectivity index (χ1v) is 10.2. The van der Waals surface area contributed by atoms with Crippen molar-refractivity contribution in [3.63, 3.8) is 0 Å². The molecule has 2 heterocycles. The van der Waals surface area contributed by atoms with Crippen molar-refractivity contribution in [1.29, 1.82) is 0 Å². The fourth-order valence-corrected chi connectivity index (χ4v) is 3.81. The second kappa shape index (κ2) is 8.10. The highest BCUT2D eigenvalue weighted by atomic mass is 16.2. The molecule has 4 rings (SSSR count). The van der Waals surface area contributed by atoms with E-state index in [1.54, 1.807) is 16.9 Å². The number of aromatic nitrogens is 3. The van der Waals surface area contributed by atoms with Crippen LogP contribution in [0.3, 0.4) is 0 Å². The lowest BCUT2D eigenvalue weighted by Crippen LogP contribution is -2.18. The highest BCUT2D eigenvalue weighted by Gasteiger charge is 2.18. The molecule has 0 aliphatic rings. The Morgan fingerprint density at radius 2 is 1.84 bits per heavy atom. The number of hydrogen-bond acceptors (Lipinski definition) is 3. The number of nitrogens with one attached hydrogen (secondary N) is 1. The molecule has 0 aliphatic carbocycles. The average molecular weight is 415 g/mol. The molecule has 31 heavy (non-hydrogen) atoms. The van der Waals surface area contributed by atoms with Gasteiger partial charge in [-0.25, -0.2) is 0 Å². The molecule has 2 amide bonds. The molecule has 0 fully saturated rings. The maximum atomic E-state index is 12.9. The minimum Gasteiger partial charge on any atom is -0.364 e. The van der Waals surface area contributed by atoms with Gasteiger partial charge in [-0.2, -0.15) is 5.10 Å². The van der Waals surface area contributed by atoms with Crippen LogP contribution in [0.4, 0.5) is 5.69 Å². The summed E-state index contributed by atoms with van der Waals surface area (Å²) in [4.78, 5) is 24.6. The third-order valence-electron chi connectivity index (χ3n) is 5.65. The van der Waals surface area contributed by atoms with Crippen LogP contribution < -0.4 is 11.1 Å². The van der Waals surface area contributed by atoms with Crippen molar-refractivity contribution in [3.05, 3.63) is 82.8 Å². The van der Waals surface area contributed by atoms with Crippen molar-refractivity contribution in [2.45, 2.75) is 33.9 Å². The maximum Gasteiger partial charge on any atom is 0.271 e. The lowest BCUT2D eigenvalue weighted by molar-refractivity contribution is 0.0995. The summed E-state index contributed by atoms with van der Waals surface area (Å²) in [6.45, 7) is 7.38. The maximum absolute atomic E-state index is 12.9. The van der Waals surface area contributed by atoms with Crippen molar-refractivity contribution in [2.24, 2.45) is 5.73 Å². The number of nitrogens with zero attached hydrogens (tertiary/aromatic N) is 3. The Balaban J connectivity index is 1.67. The van der Waals surface area contributed by atoms with Gasteiger partial charge in [-0.05, 0) is 50.1 Å². The smallest absolute Gasteiger partial charge is 0.271 e. The summed E-state index contributed by atoms with van der Waals surface area (Å²) in [6.07, 6.45) is 1.61. The monoisotopic (exact) mass is 415 g/mol. The number of aryl methyl sites for hydroxylation is 2. The van der Waals surface area contributed by atoms with Crippen LogP contribution in [0.5, 0.6) is 0 Å². The summed E-state index contributed by atoms with van der Waals surface area (Å²) in [6, 6.07) is 15.9. The number of hydrogen-bond donors (Lipinski definition) is 2. The molecule has 3 N–H and O–H groups in total. The zero-order valence-corrected chi connectivity index (χ0v) is 17.8. The van der Waals surface area contributed by atoms with E-state index in [4.69, 9.17) is 5.73 Å². The van der Waals surface area contributed by atoms with E-state index in [1.807, 2.05) is 37.3 Å². The molecular formula is C24H25N5O2. The molecule has 7 nitrogen and oxygen atoms in total. The number of anilines is 1. The van der Waals surface area contributed by atoms with Gasteiger partial charge in [-0.3, -0.25) is 14.3 Å². The van der Waals surface area contributed by atoms with Crippen molar-refractivity contribution in [2.75, 3.05) is 5.32 Å². The van der Waals surface area contributed by atoms with E-state index in [1.165, 1.54) is 5.56 Å². The van der Waals surface area contributed by atoms with E-state index < -0.39 is 5.91 Å². The van der Waals surface area contributed by atoms with E-state index in [2.05, 4.69) is 41.0 Å². The fraction of sp³-hybridized carbons (Fsp3) is 0.208. The molecule has 7 heteroatoms. The Labute approximate surface area is 180 Å². The van der Waals surface area contributed by atoms with Crippen molar-refractivity contribution < 1.29 is 9.59 Å². The lowest BCUT2D eigenvalue weighted by atomic mass is 10.1. The number of amides is 2. The van der Waals surface area contributed by atoms with Gasteiger partial charge in [0.15, 0.2) is 5.69 Å². The van der Waals surface area contributed by atoms with Crippen LogP contribution in [0.25, 0.3) is 10.9 Å². The average Bonchev–Trinajstić information content (AvgIpc) is 3.29. The number of primary amides is 1. The van der Waals surface area contributed by atoms with Gasteiger partial charge >= 0.3 is 0 Å². The van der Waals surface area contributed by atoms with E-state index >= 15 is 0 Å². The molecule has 0 unspecified atom stereocenters. The molecular weight excluding hydrogens is 390 g/mol. The van der Waals surface area contributed by atoms with Gasteiger partial charge in [0.2, 0.25) is 0 Å². The minimum atomic E-state index is -0.678. The quantitative estimate of drug-likeness (QED) is 0.500. The van der Waals surface area contributed by atoms with Crippen LogP contribution in [0.1, 0.15) is 44.6 Å². The summed E-state index contributed by atoms with van der Waals surface area (Å²) in [5.74, 6) is -0.990. The van der Waals surface area contributed by atoms with Crippen LogP contribution in [0, 0.1) is 13.8 Å². The number of benzene rings is 2. The number of carbonyl (C=O) groups is 2. The molecule has 4 aromatic rings. The molecule has 0 aliphatic heterocycles. The van der Waals surface area contributed by atoms with Gasteiger partial charge in [0.05, 0.1) is 5.69 Å². The highest BCUT2D eigenvalue weighted by molar-refractivity contribution is 6.09. The third-order valence-corrected chi connectivity index (χ3v) is 5.65. The Morgan fingerprint density at radius 1 is 1.10 bits per heavy atom. The second-order valence-corrected chi connectivity index (χ2v) is 7.58. The molecule has 0 radical (unpaired) electrons. The van der Waals surface area contributed by atoms with Crippen molar-refractivity contribution >= 4 is 28.4 Å². The summed E-state index contributed by atoms with van der Waals surface area (Å²) in [5, 5.41) is 7.92. The fourth-order valence-electron chi connectivity index (χ4n) is 3.81. The summed E-state index contributed by atoms with van der Waals surface area (Å²) >= 11 is 0. The van der Waals surface area contributed by atoms with E-state index in [0.717, 1.165) is 28.7 Å². The number of rotatable bonds is 6. The summed E-state index contributed by atoms with van der Waals surface area (Å²) < 4.78 is 3.83. The Morgan fingerprint density at radius 3 is 2.52 bits per heavy atom. The van der Waals surface area contributed by atoms with Gasteiger partial charge in [0.25, 0.3) is 11.8 Å². The topological polar surface area (TPSA) is 94.9 Å². The largest absolute Gasteiger partial charge is 0.364 e. The van der Waals surface area contributed by atoms with Gasteiger partial charge in [0.1, 0.15) is 0 Å². The van der Waals surface area contributed by atoms with E-state index in [0.29, 0.717) is 17.8 Å². The Hall–Kier alpha value is -3.87. The minimum absolute atomic E-state index is 0.0531. The Bertz CT molecular complexity index is 1280. The van der Waals surface area contributed by atoms with Crippen molar-refractivity contribution in [3.8, 4) is 0 Å². The standard InChI is InChI=1S/C24H25N5O2/c1-4-28-14-20(22(27-28)23(25)30)26-24(31)18-10-11-21-19(12-18)15(2)16(3)29(21)13-17-8-6-5-7-9-17/h5-12,14H,4,13H2,1-3H3,(H2,25,30)(H,26,31). The zero-order chi connectivity index (χ0) is 22.1. The molecule has 0 spiro atoms. The van der Waals surface area contributed by atoms with E-state index in [-0.39, 0.29) is 11.6 Å². The van der Waals surface area contributed by atoms with Gasteiger partial charge in [-0.1, -0.05) is 30.3 Å². The van der Waals surface area contributed by atoms with Crippen LogP contribution in [-0.4, -0.2) is 26.2 Å². The SMILES string of the molecule is CCn1cc(NC(=O)c2ccc3c(c2)c(C)c(C)n3Cc2ccccc2)c(C(N)=O)n1. The predicted molar refractivity (Wildman–Crippen MR) is 121 cm³/mol. The first kappa shape index (κ1) is 20.4. The van der Waals surface area contributed by atoms with Crippen molar-refractivity contribution in [1.82, 2.24) is 14.3 Å². The normalized spacial score (nSPS) is 11.1. The zero-order valence-electron chi connectivity index (χ0n) is 17.8. The van der Waals surface area contributed by atoms with Crippen LogP contribution in [0.2, 0.25) is 0 Å². The molecule has 2 aromatic carbocycles. The lowest BCUT2D eigenvalue weighted by Gasteiger charge is -2.09. The molecule has 158 valence electrons. The summed E-state index contributed by atoms with van der Waals surface area (Å²) in [7, 11) is 0. The van der Waals surface area contributed by atoms with Crippen LogP contribution >= 0.6 is 0 Å². The molecule has 0 saturated heterocycles. The molecule has 0 bridgehead atoms. The number of fused-ring (bicyclic) bond motifs is 1. The first-order chi connectivity index (χ1) is 14.9. The molecule has 0 saturated carbocycles.